The summed E-state index contributed by atoms with van der Waals surface area (Å²) in [6.07, 6.45) is 0. The number of guanidine groups is 1. The second-order valence-corrected chi connectivity index (χ2v) is 3.63. The van der Waals surface area contributed by atoms with Gasteiger partial charge in [-0.1, -0.05) is 35.1 Å². The first-order valence-corrected chi connectivity index (χ1v) is 5.17. The zero-order valence-electron chi connectivity index (χ0n) is 8.77. The maximum Gasteiger partial charge on any atom is 0.383 e. The van der Waals surface area contributed by atoms with Crippen LogP contribution >= 0.6 is 0 Å². The minimum absolute atomic E-state index is 0.0562. The number of hydrogen-bond donors (Lipinski definition) is 3. The molecule has 1 aromatic rings. The van der Waals surface area contributed by atoms with Gasteiger partial charge in [0.25, 0.3) is 0 Å². The normalized spacial score (nSPS) is 16.7. The van der Waals surface area contributed by atoms with E-state index >= 15 is 0 Å². The van der Waals surface area contributed by atoms with E-state index < -0.39 is 0 Å². The minimum Gasteiger partial charge on any atom is -0.376 e. The summed E-state index contributed by atoms with van der Waals surface area (Å²) >= 11 is 0. The first-order chi connectivity index (χ1) is 7.29. The van der Waals surface area contributed by atoms with Crippen LogP contribution in [0.15, 0.2) is 30.3 Å². The quantitative estimate of drug-likeness (QED) is 0.379. The van der Waals surface area contributed by atoms with Crippen LogP contribution in [0.4, 0.5) is 0 Å². The molecule has 1 aliphatic rings. The Morgan fingerprint density at radius 3 is 2.40 bits per heavy atom. The number of rotatable bonds is 2. The molecule has 3 N–H and O–H groups in total. The molecule has 1 fully saturated rings. The van der Waals surface area contributed by atoms with Crippen molar-refractivity contribution in [1.29, 1.82) is 0 Å². The van der Waals surface area contributed by atoms with E-state index in [0.717, 1.165) is 18.7 Å². The molecular formula is C11H16N3O+. The first-order valence-electron chi connectivity index (χ1n) is 5.17. The number of hydroxylamine groups is 1. The van der Waals surface area contributed by atoms with Gasteiger partial charge in [0.2, 0.25) is 0 Å². The van der Waals surface area contributed by atoms with E-state index in [2.05, 4.69) is 10.6 Å². The van der Waals surface area contributed by atoms with Crippen molar-refractivity contribution in [2.45, 2.75) is 13.0 Å². The zero-order chi connectivity index (χ0) is 10.7. The lowest BCUT2D eigenvalue weighted by Crippen LogP contribution is -2.35. The molecule has 1 aliphatic heterocycles. The van der Waals surface area contributed by atoms with E-state index in [0.29, 0.717) is 5.96 Å². The molecule has 0 aliphatic carbocycles. The molecule has 0 spiro atoms. The smallest absolute Gasteiger partial charge is 0.376 e. The fourth-order valence-corrected chi connectivity index (χ4v) is 1.65. The average molecular weight is 206 g/mol. The van der Waals surface area contributed by atoms with Crippen LogP contribution in [-0.4, -0.2) is 29.0 Å². The van der Waals surface area contributed by atoms with E-state index in [1.54, 1.807) is 0 Å². The van der Waals surface area contributed by atoms with E-state index in [4.69, 9.17) is 0 Å². The number of nitrogens with one attached hydrogen (secondary N) is 2. The molecule has 0 amide bonds. The van der Waals surface area contributed by atoms with Gasteiger partial charge in [-0.15, -0.1) is 0 Å². The Morgan fingerprint density at radius 1 is 1.20 bits per heavy atom. The van der Waals surface area contributed by atoms with Gasteiger partial charge in [0, 0.05) is 0 Å². The fourth-order valence-electron chi connectivity index (χ4n) is 1.65. The van der Waals surface area contributed by atoms with Crippen LogP contribution in [0.1, 0.15) is 18.5 Å². The Balaban J connectivity index is 2.21. The largest absolute Gasteiger partial charge is 0.383 e. The first kappa shape index (κ1) is 9.83. The van der Waals surface area contributed by atoms with Crippen molar-refractivity contribution < 1.29 is 9.95 Å². The molecule has 4 heteroatoms. The molecule has 15 heavy (non-hydrogen) atoms. The average Bonchev–Trinajstić information content (AvgIpc) is 2.82. The topological polar surface area (TPSA) is 47.3 Å². The maximum absolute atomic E-state index is 9.94. The Bertz CT molecular complexity index is 353. The molecule has 1 heterocycles. The maximum atomic E-state index is 9.94. The van der Waals surface area contributed by atoms with Crippen LogP contribution in [-0.2, 0) is 0 Å². The van der Waals surface area contributed by atoms with Gasteiger partial charge in [-0.05, 0) is 12.5 Å². The molecule has 80 valence electrons. The van der Waals surface area contributed by atoms with E-state index in [9.17, 15) is 5.21 Å². The molecule has 0 bridgehead atoms. The molecule has 0 aromatic heterocycles. The summed E-state index contributed by atoms with van der Waals surface area (Å²) < 4.78 is 1.24. The van der Waals surface area contributed by atoms with Crippen LogP contribution in [0.3, 0.4) is 0 Å². The molecule has 2 rings (SSSR count). The van der Waals surface area contributed by atoms with Crippen LogP contribution in [0.2, 0.25) is 0 Å². The number of benzene rings is 1. The van der Waals surface area contributed by atoms with Crippen molar-refractivity contribution in [3.05, 3.63) is 35.9 Å². The van der Waals surface area contributed by atoms with Crippen molar-refractivity contribution in [2.75, 3.05) is 13.1 Å². The van der Waals surface area contributed by atoms with Gasteiger partial charge in [0.1, 0.15) is 6.04 Å². The summed E-state index contributed by atoms with van der Waals surface area (Å²) in [7, 11) is 0. The van der Waals surface area contributed by atoms with Crippen LogP contribution in [0.25, 0.3) is 0 Å². The van der Waals surface area contributed by atoms with Gasteiger partial charge in [-0.25, -0.2) is 0 Å². The molecule has 1 unspecified atom stereocenters. The van der Waals surface area contributed by atoms with Gasteiger partial charge in [-0.2, -0.15) is 0 Å². The van der Waals surface area contributed by atoms with Crippen molar-refractivity contribution in [1.82, 2.24) is 10.6 Å². The van der Waals surface area contributed by atoms with E-state index in [1.807, 2.05) is 37.3 Å². The van der Waals surface area contributed by atoms with Gasteiger partial charge in [-0.3, -0.25) is 10.6 Å². The summed E-state index contributed by atoms with van der Waals surface area (Å²) in [6.45, 7) is 3.67. The molecule has 1 aromatic carbocycles. The van der Waals surface area contributed by atoms with E-state index in [-0.39, 0.29) is 6.04 Å². The summed E-state index contributed by atoms with van der Waals surface area (Å²) in [5.74, 6) is 0.686. The van der Waals surface area contributed by atoms with Crippen molar-refractivity contribution in [3.8, 4) is 0 Å². The second kappa shape index (κ2) is 4.21. The molecule has 4 nitrogen and oxygen atoms in total. The Hall–Kier alpha value is -1.71. The molecule has 0 saturated carbocycles. The third-order valence-corrected chi connectivity index (χ3v) is 2.59. The fraction of sp³-hybridized carbons (Fsp3) is 0.364. The monoisotopic (exact) mass is 206 g/mol. The predicted octanol–water partition coefficient (Wildman–Crippen LogP) is 0.698. The zero-order valence-corrected chi connectivity index (χ0v) is 8.77. The lowest BCUT2D eigenvalue weighted by Gasteiger charge is -2.11. The highest BCUT2D eigenvalue weighted by atomic mass is 16.5. The molecule has 1 atom stereocenters. The highest BCUT2D eigenvalue weighted by Gasteiger charge is 2.22. The third kappa shape index (κ3) is 2.03. The van der Waals surface area contributed by atoms with Gasteiger partial charge >= 0.3 is 5.96 Å². The Labute approximate surface area is 89.2 Å². The highest BCUT2D eigenvalue weighted by Crippen LogP contribution is 2.14. The van der Waals surface area contributed by atoms with Crippen molar-refractivity contribution in [3.63, 3.8) is 0 Å². The summed E-state index contributed by atoms with van der Waals surface area (Å²) in [4.78, 5) is 0. The van der Waals surface area contributed by atoms with Crippen LogP contribution < -0.4 is 10.6 Å². The minimum atomic E-state index is -0.0562. The summed E-state index contributed by atoms with van der Waals surface area (Å²) in [6, 6.07) is 9.86. The van der Waals surface area contributed by atoms with Crippen LogP contribution in [0, 0.1) is 0 Å². The Kier molecular flexibility index (Phi) is 2.76. The molecule has 0 radical (unpaired) electrons. The molecule has 1 saturated heterocycles. The van der Waals surface area contributed by atoms with Gasteiger partial charge in [0.05, 0.1) is 13.1 Å². The lowest BCUT2D eigenvalue weighted by atomic mass is 10.1. The van der Waals surface area contributed by atoms with Crippen molar-refractivity contribution in [2.24, 2.45) is 0 Å². The second-order valence-electron chi connectivity index (χ2n) is 3.63. The summed E-state index contributed by atoms with van der Waals surface area (Å²) in [5.41, 5.74) is 1.09. The SMILES string of the molecule is CC(c1ccccc1)[N+](O)=C1NCCN1. The van der Waals surface area contributed by atoms with Crippen molar-refractivity contribution >= 4 is 5.96 Å². The number of hydrogen-bond acceptors (Lipinski definition) is 1. The van der Waals surface area contributed by atoms with Crippen LogP contribution in [0.5, 0.6) is 0 Å². The lowest BCUT2D eigenvalue weighted by molar-refractivity contribution is -0.804. The number of nitrogens with zero attached hydrogens (tertiary/aromatic N) is 1. The highest BCUT2D eigenvalue weighted by molar-refractivity contribution is 5.76. The van der Waals surface area contributed by atoms with Gasteiger partial charge in [0.15, 0.2) is 0 Å². The van der Waals surface area contributed by atoms with Gasteiger partial charge < -0.3 is 5.21 Å². The third-order valence-electron chi connectivity index (χ3n) is 2.59. The standard InChI is InChI=1S/C11H15N3O/c1-9(10-5-3-2-4-6-10)14(15)11-12-7-8-13-11/h2-6,9,15H,7-8H2,1H3,(H,12,13)/p+1. The summed E-state index contributed by atoms with van der Waals surface area (Å²) in [5, 5.41) is 16.1. The van der Waals surface area contributed by atoms with E-state index in [1.165, 1.54) is 4.74 Å². The molecular weight excluding hydrogens is 190 g/mol. The predicted molar refractivity (Wildman–Crippen MR) is 57.9 cm³/mol. The Morgan fingerprint density at radius 2 is 1.80 bits per heavy atom.